The summed E-state index contributed by atoms with van der Waals surface area (Å²) in [7, 11) is 1.57. The van der Waals surface area contributed by atoms with Gasteiger partial charge in [-0.2, -0.15) is 0 Å². The maximum absolute atomic E-state index is 13.4. The van der Waals surface area contributed by atoms with Gasteiger partial charge in [0.2, 0.25) is 0 Å². The number of carbonyl (C=O) groups excluding carboxylic acids is 2. The molecule has 1 N–H and O–H groups in total. The van der Waals surface area contributed by atoms with Crippen molar-refractivity contribution >= 4 is 55.7 Å². The maximum atomic E-state index is 13.4. The zero-order chi connectivity index (χ0) is 26.1. The molecule has 7 nitrogen and oxygen atoms in total. The Bertz CT molecular complexity index is 1530. The maximum Gasteiger partial charge on any atom is 0.301 e. The Labute approximate surface area is 222 Å². The summed E-state index contributed by atoms with van der Waals surface area (Å²) in [5.41, 5.74) is 1.59. The molecule has 1 aliphatic rings. The summed E-state index contributed by atoms with van der Waals surface area (Å²) in [5.74, 6) is -0.556. The summed E-state index contributed by atoms with van der Waals surface area (Å²) in [5, 5.41) is 12.1. The number of rotatable bonds is 7. The van der Waals surface area contributed by atoms with Crippen LogP contribution in [0.3, 0.4) is 0 Å². The van der Waals surface area contributed by atoms with Crippen molar-refractivity contribution in [2.75, 3.05) is 18.6 Å². The second kappa shape index (κ2) is 10.2. The number of methoxy groups -OCH3 is 1. The number of ketones is 1. The molecule has 1 atom stereocenters. The van der Waals surface area contributed by atoms with E-state index in [0.717, 1.165) is 11.1 Å². The van der Waals surface area contributed by atoms with E-state index < -0.39 is 17.7 Å². The van der Waals surface area contributed by atoms with Crippen LogP contribution in [0.5, 0.6) is 11.5 Å². The number of thiazole rings is 1. The molecule has 1 aromatic heterocycles. The molecular weight excluding hydrogens is 512 g/mol. The number of carbonyl (C=O) groups is 2. The van der Waals surface area contributed by atoms with Crippen molar-refractivity contribution in [2.24, 2.45) is 0 Å². The second-order valence-electron chi connectivity index (χ2n) is 8.43. The van der Waals surface area contributed by atoms with Crippen LogP contribution in [-0.4, -0.2) is 35.5 Å². The molecule has 1 amide bonds. The number of fused-ring (bicyclic) bond motifs is 1. The van der Waals surface area contributed by atoms with Gasteiger partial charge >= 0.3 is 5.91 Å². The van der Waals surface area contributed by atoms with Crippen LogP contribution < -0.4 is 14.4 Å². The molecule has 5 rings (SSSR count). The Balaban J connectivity index is 1.65. The van der Waals surface area contributed by atoms with Crippen LogP contribution >= 0.6 is 22.9 Å². The minimum atomic E-state index is -0.919. The third-order valence-electron chi connectivity index (χ3n) is 6.00. The first-order chi connectivity index (χ1) is 17.9. The first kappa shape index (κ1) is 24.8. The molecule has 1 fully saturated rings. The predicted octanol–water partition coefficient (Wildman–Crippen LogP) is 6.37. The van der Waals surface area contributed by atoms with Gasteiger partial charge in [0.25, 0.3) is 5.78 Å². The van der Waals surface area contributed by atoms with Gasteiger partial charge in [-0.15, -0.1) is 0 Å². The molecule has 0 spiro atoms. The van der Waals surface area contributed by atoms with E-state index in [1.165, 1.54) is 16.2 Å². The highest BCUT2D eigenvalue weighted by Crippen LogP contribution is 2.45. The van der Waals surface area contributed by atoms with E-state index in [4.69, 9.17) is 21.1 Å². The fourth-order valence-electron chi connectivity index (χ4n) is 4.23. The van der Waals surface area contributed by atoms with Gasteiger partial charge in [0.1, 0.15) is 17.3 Å². The van der Waals surface area contributed by atoms with E-state index in [-0.39, 0.29) is 11.3 Å². The number of nitrogens with zero attached hydrogens (tertiary/aromatic N) is 2. The minimum Gasteiger partial charge on any atom is -0.507 e. The van der Waals surface area contributed by atoms with E-state index in [9.17, 15) is 14.7 Å². The van der Waals surface area contributed by atoms with E-state index in [1.54, 1.807) is 67.8 Å². The minimum absolute atomic E-state index is 0.0358. The molecule has 9 heteroatoms. The van der Waals surface area contributed by atoms with Gasteiger partial charge in [-0.25, -0.2) is 4.98 Å². The third kappa shape index (κ3) is 4.65. The number of halogens is 1. The van der Waals surface area contributed by atoms with Crippen molar-refractivity contribution in [3.8, 4) is 11.5 Å². The molecule has 4 aromatic rings. The highest BCUT2D eigenvalue weighted by atomic mass is 35.5. The van der Waals surface area contributed by atoms with Crippen molar-refractivity contribution in [1.29, 1.82) is 0 Å². The highest BCUT2D eigenvalue weighted by Gasteiger charge is 2.48. The van der Waals surface area contributed by atoms with Gasteiger partial charge in [-0.1, -0.05) is 42.0 Å². The van der Waals surface area contributed by atoms with E-state index >= 15 is 0 Å². The largest absolute Gasteiger partial charge is 0.507 e. The van der Waals surface area contributed by atoms with Crippen molar-refractivity contribution in [2.45, 2.75) is 19.4 Å². The summed E-state index contributed by atoms with van der Waals surface area (Å²) >= 11 is 7.54. The zero-order valence-electron chi connectivity index (χ0n) is 20.1. The normalized spacial score (nSPS) is 16.9. The lowest BCUT2D eigenvalue weighted by Gasteiger charge is -2.23. The first-order valence-corrected chi connectivity index (χ1v) is 12.8. The Morgan fingerprint density at radius 1 is 1.08 bits per heavy atom. The monoisotopic (exact) mass is 534 g/mol. The SMILES string of the molecule is CCCOc1ccc(C(O)=C2C(=O)C(=O)N(c3nc4ccc(OC)cc4s3)C2c2cccc(Cl)c2)cc1. The Morgan fingerprint density at radius 2 is 1.84 bits per heavy atom. The molecule has 3 aromatic carbocycles. The van der Waals surface area contributed by atoms with E-state index in [2.05, 4.69) is 4.98 Å². The van der Waals surface area contributed by atoms with Crippen LogP contribution in [0, 0.1) is 0 Å². The highest BCUT2D eigenvalue weighted by molar-refractivity contribution is 7.22. The first-order valence-electron chi connectivity index (χ1n) is 11.7. The standard InChI is InChI=1S/C28H23ClN2O5S/c1-3-13-36-19-9-7-16(8-10-19)25(32)23-24(17-5-4-6-18(29)14-17)31(27(34)26(23)33)28-30-21-12-11-20(35-2)15-22(21)37-28/h4-12,14-15,24,32H,3,13H2,1-2H3. The Morgan fingerprint density at radius 3 is 2.54 bits per heavy atom. The molecule has 1 saturated heterocycles. The fourth-order valence-corrected chi connectivity index (χ4v) is 5.45. The lowest BCUT2D eigenvalue weighted by atomic mass is 9.95. The molecule has 0 aliphatic carbocycles. The number of aromatic nitrogens is 1. The lowest BCUT2D eigenvalue weighted by Crippen LogP contribution is -2.29. The number of hydrogen-bond acceptors (Lipinski definition) is 7. The number of hydrogen-bond donors (Lipinski definition) is 1. The molecular formula is C28H23ClN2O5S. The van der Waals surface area contributed by atoms with E-state index in [0.29, 0.717) is 44.9 Å². The van der Waals surface area contributed by atoms with Crippen molar-refractivity contribution in [3.63, 3.8) is 0 Å². The topological polar surface area (TPSA) is 89.0 Å². The van der Waals surface area contributed by atoms with Gasteiger partial charge in [0, 0.05) is 10.6 Å². The molecule has 2 heterocycles. The van der Waals surface area contributed by atoms with Gasteiger partial charge in [0.15, 0.2) is 5.13 Å². The molecule has 1 unspecified atom stereocenters. The second-order valence-corrected chi connectivity index (χ2v) is 9.87. The van der Waals surface area contributed by atoms with Crippen LogP contribution in [0.4, 0.5) is 5.13 Å². The summed E-state index contributed by atoms with van der Waals surface area (Å²) in [6.07, 6.45) is 0.864. The summed E-state index contributed by atoms with van der Waals surface area (Å²) in [6, 6.07) is 18.1. The smallest absolute Gasteiger partial charge is 0.301 e. The van der Waals surface area contributed by atoms with Gasteiger partial charge in [0.05, 0.1) is 35.5 Å². The third-order valence-corrected chi connectivity index (χ3v) is 7.25. The van der Waals surface area contributed by atoms with E-state index in [1.807, 2.05) is 13.0 Å². The number of aliphatic hydroxyl groups excluding tert-OH is 1. The number of benzene rings is 3. The Hall–Kier alpha value is -3.88. The van der Waals surface area contributed by atoms with Crippen LogP contribution in [0.2, 0.25) is 5.02 Å². The van der Waals surface area contributed by atoms with Crippen LogP contribution in [0.1, 0.15) is 30.5 Å². The summed E-state index contributed by atoms with van der Waals surface area (Å²) in [6.45, 7) is 2.58. The zero-order valence-corrected chi connectivity index (χ0v) is 21.7. The van der Waals surface area contributed by atoms with Crippen molar-refractivity contribution in [1.82, 2.24) is 4.98 Å². The summed E-state index contributed by atoms with van der Waals surface area (Å²) < 4.78 is 11.7. The average molecular weight is 535 g/mol. The fraction of sp³-hybridized carbons (Fsp3) is 0.179. The quantitative estimate of drug-likeness (QED) is 0.168. The molecule has 0 bridgehead atoms. The van der Waals surface area contributed by atoms with Crippen molar-refractivity contribution in [3.05, 3.63) is 88.5 Å². The number of ether oxygens (including phenoxy) is 2. The van der Waals surface area contributed by atoms with Crippen LogP contribution in [0.15, 0.2) is 72.3 Å². The van der Waals surface area contributed by atoms with Crippen LogP contribution in [-0.2, 0) is 9.59 Å². The molecule has 0 radical (unpaired) electrons. The Kier molecular flexibility index (Phi) is 6.86. The lowest BCUT2D eigenvalue weighted by molar-refractivity contribution is -0.132. The number of anilines is 1. The number of aliphatic hydroxyl groups is 1. The van der Waals surface area contributed by atoms with Gasteiger partial charge in [-0.3, -0.25) is 14.5 Å². The molecule has 1 aliphatic heterocycles. The van der Waals surface area contributed by atoms with Gasteiger partial charge < -0.3 is 14.6 Å². The molecule has 37 heavy (non-hydrogen) atoms. The number of Topliss-reactive ketones (excluding diaryl/α,β-unsaturated/α-hetero) is 1. The molecule has 188 valence electrons. The van der Waals surface area contributed by atoms with Gasteiger partial charge in [-0.05, 0) is 66.6 Å². The van der Waals surface area contributed by atoms with Crippen molar-refractivity contribution < 1.29 is 24.2 Å². The molecule has 0 saturated carbocycles. The summed E-state index contributed by atoms with van der Waals surface area (Å²) in [4.78, 5) is 32.8. The van der Waals surface area contributed by atoms with Crippen LogP contribution in [0.25, 0.3) is 16.0 Å². The predicted molar refractivity (Wildman–Crippen MR) is 145 cm³/mol. The number of amides is 1. The average Bonchev–Trinajstić information content (AvgIpc) is 3.44.